The Kier molecular flexibility index (Phi) is 2.17. The maximum Gasteiger partial charge on any atom is 0.141 e. The summed E-state index contributed by atoms with van der Waals surface area (Å²) in [4.78, 5) is 0. The lowest BCUT2D eigenvalue weighted by molar-refractivity contribution is 0.894. The van der Waals surface area contributed by atoms with E-state index in [-0.39, 0.29) is 0 Å². The summed E-state index contributed by atoms with van der Waals surface area (Å²) in [5, 5.41) is 11.5. The lowest BCUT2D eigenvalue weighted by Gasteiger charge is -2.09. The Morgan fingerprint density at radius 1 is 1.80 bits per heavy atom. The second-order valence-corrected chi connectivity index (χ2v) is 2.41. The summed E-state index contributed by atoms with van der Waals surface area (Å²) in [6.45, 7) is 0.824. The molecule has 0 saturated carbocycles. The van der Waals surface area contributed by atoms with Gasteiger partial charge in [0.05, 0.1) is 12.5 Å². The fourth-order valence-corrected chi connectivity index (χ4v) is 0.973. The zero-order valence-electron chi connectivity index (χ0n) is 6.02. The first-order valence-electron chi connectivity index (χ1n) is 3.29. The summed E-state index contributed by atoms with van der Waals surface area (Å²) >= 11 is 0. The molecule has 0 aromatic heterocycles. The normalized spacial score (nSPS) is 16.3. The molecule has 1 aliphatic heterocycles. The van der Waals surface area contributed by atoms with Crippen molar-refractivity contribution in [1.29, 1.82) is 5.26 Å². The van der Waals surface area contributed by atoms with Crippen molar-refractivity contribution < 1.29 is 0 Å². The van der Waals surface area contributed by atoms with Gasteiger partial charge in [-0.15, -0.1) is 0 Å². The van der Waals surface area contributed by atoms with E-state index < -0.39 is 0 Å². The predicted molar refractivity (Wildman–Crippen MR) is 42.9 cm³/mol. The zero-order chi connectivity index (χ0) is 7.40. The highest BCUT2D eigenvalue weighted by molar-refractivity contribution is 6.23. The first-order chi connectivity index (χ1) is 4.83. The SMILES string of the molecule is BC1=CNCC(CC#N)=C1. The van der Waals surface area contributed by atoms with E-state index in [0.717, 1.165) is 6.54 Å². The van der Waals surface area contributed by atoms with Crippen molar-refractivity contribution in [1.82, 2.24) is 5.32 Å². The van der Waals surface area contributed by atoms with Crippen LogP contribution in [0.3, 0.4) is 0 Å². The highest BCUT2D eigenvalue weighted by Crippen LogP contribution is 2.06. The van der Waals surface area contributed by atoms with Crippen LogP contribution in [-0.4, -0.2) is 14.4 Å². The molecule has 0 fully saturated rings. The average Bonchev–Trinajstić information content (AvgIpc) is 1.88. The molecule has 0 aromatic rings. The number of allylic oxidation sites excluding steroid dienone is 2. The number of nitrogens with zero attached hydrogens (tertiary/aromatic N) is 1. The van der Waals surface area contributed by atoms with Crippen molar-refractivity contribution in [2.24, 2.45) is 0 Å². The second-order valence-electron chi connectivity index (χ2n) is 2.41. The summed E-state index contributed by atoms with van der Waals surface area (Å²) in [5.41, 5.74) is 2.36. The maximum atomic E-state index is 8.37. The molecule has 0 aliphatic carbocycles. The molecule has 0 unspecified atom stereocenters. The number of rotatable bonds is 1. The van der Waals surface area contributed by atoms with Crippen LogP contribution in [-0.2, 0) is 0 Å². The fraction of sp³-hybridized carbons (Fsp3) is 0.286. The summed E-state index contributed by atoms with van der Waals surface area (Å²) in [6.07, 6.45) is 4.55. The van der Waals surface area contributed by atoms with Crippen LogP contribution in [0.15, 0.2) is 23.3 Å². The van der Waals surface area contributed by atoms with Crippen LogP contribution in [0.25, 0.3) is 0 Å². The van der Waals surface area contributed by atoms with Crippen molar-refractivity contribution in [3.05, 3.63) is 23.3 Å². The Morgan fingerprint density at radius 3 is 3.20 bits per heavy atom. The maximum absolute atomic E-state index is 8.37. The minimum absolute atomic E-state index is 0.540. The van der Waals surface area contributed by atoms with Crippen LogP contribution in [0.4, 0.5) is 0 Å². The molecule has 1 N–H and O–H groups in total. The minimum atomic E-state index is 0.540. The van der Waals surface area contributed by atoms with E-state index in [1.165, 1.54) is 11.0 Å². The quantitative estimate of drug-likeness (QED) is 0.506. The van der Waals surface area contributed by atoms with Crippen LogP contribution in [0.2, 0.25) is 0 Å². The van der Waals surface area contributed by atoms with Gasteiger partial charge in [-0.2, -0.15) is 5.26 Å². The Morgan fingerprint density at radius 2 is 2.60 bits per heavy atom. The molecule has 0 atom stereocenters. The molecule has 0 bridgehead atoms. The van der Waals surface area contributed by atoms with Crippen molar-refractivity contribution in [3.63, 3.8) is 0 Å². The number of dihydropyridines is 1. The molecule has 3 heteroatoms. The van der Waals surface area contributed by atoms with E-state index in [9.17, 15) is 0 Å². The predicted octanol–water partition coefficient (Wildman–Crippen LogP) is -0.0958. The number of hydrogen-bond donors (Lipinski definition) is 1. The molecular weight excluding hydrogens is 123 g/mol. The van der Waals surface area contributed by atoms with Gasteiger partial charge in [-0.05, 0) is 11.8 Å². The fourth-order valence-electron chi connectivity index (χ4n) is 0.973. The molecule has 1 heterocycles. The first kappa shape index (κ1) is 6.95. The number of nitriles is 1. The van der Waals surface area contributed by atoms with Gasteiger partial charge in [0.2, 0.25) is 0 Å². The van der Waals surface area contributed by atoms with E-state index in [4.69, 9.17) is 5.26 Å². The topological polar surface area (TPSA) is 35.8 Å². The van der Waals surface area contributed by atoms with E-state index in [0.29, 0.717) is 6.42 Å². The Balaban J connectivity index is 2.62. The van der Waals surface area contributed by atoms with Gasteiger partial charge in [0.25, 0.3) is 0 Å². The summed E-state index contributed by atoms with van der Waals surface area (Å²) in [7, 11) is 2.02. The van der Waals surface area contributed by atoms with Crippen LogP contribution in [0.5, 0.6) is 0 Å². The van der Waals surface area contributed by atoms with E-state index in [1.54, 1.807) is 0 Å². The zero-order valence-corrected chi connectivity index (χ0v) is 6.02. The standard InChI is InChI=1S/C7H9BN2/c8-7-3-6(1-2-9)4-10-5-7/h3,5,10H,1,4,8H2. The third kappa shape index (κ3) is 1.66. The summed E-state index contributed by atoms with van der Waals surface area (Å²) < 4.78 is 0. The van der Waals surface area contributed by atoms with Gasteiger partial charge in [-0.1, -0.05) is 11.5 Å². The summed E-state index contributed by atoms with van der Waals surface area (Å²) in [6, 6.07) is 2.12. The van der Waals surface area contributed by atoms with Gasteiger partial charge in [0.15, 0.2) is 0 Å². The van der Waals surface area contributed by atoms with Crippen molar-refractivity contribution in [2.45, 2.75) is 6.42 Å². The highest BCUT2D eigenvalue weighted by Gasteiger charge is 1.99. The lowest BCUT2D eigenvalue weighted by atomic mass is 9.92. The second kappa shape index (κ2) is 3.12. The molecule has 0 amide bonds. The number of hydrogen-bond acceptors (Lipinski definition) is 2. The molecule has 0 aromatic carbocycles. The van der Waals surface area contributed by atoms with Gasteiger partial charge < -0.3 is 5.32 Å². The third-order valence-electron chi connectivity index (χ3n) is 1.40. The van der Waals surface area contributed by atoms with E-state index in [1.807, 2.05) is 14.0 Å². The van der Waals surface area contributed by atoms with Crippen molar-refractivity contribution in [2.75, 3.05) is 6.54 Å². The van der Waals surface area contributed by atoms with Crippen molar-refractivity contribution in [3.8, 4) is 6.07 Å². The molecule has 50 valence electrons. The average molecular weight is 132 g/mol. The molecule has 10 heavy (non-hydrogen) atoms. The van der Waals surface area contributed by atoms with E-state index in [2.05, 4.69) is 17.5 Å². The number of nitrogens with one attached hydrogen (secondary N) is 1. The van der Waals surface area contributed by atoms with Crippen LogP contribution in [0, 0.1) is 11.3 Å². The van der Waals surface area contributed by atoms with Gasteiger partial charge in [-0.25, -0.2) is 0 Å². The third-order valence-corrected chi connectivity index (χ3v) is 1.40. The van der Waals surface area contributed by atoms with Gasteiger partial charge in [-0.3, -0.25) is 0 Å². The molecular formula is C7H9BN2. The molecule has 1 rings (SSSR count). The molecule has 0 spiro atoms. The van der Waals surface area contributed by atoms with Gasteiger partial charge in [0.1, 0.15) is 7.85 Å². The Bertz CT molecular complexity index is 222. The molecule has 0 saturated heterocycles. The van der Waals surface area contributed by atoms with Crippen molar-refractivity contribution >= 4 is 7.85 Å². The molecule has 0 radical (unpaired) electrons. The minimum Gasteiger partial charge on any atom is -0.388 e. The largest absolute Gasteiger partial charge is 0.388 e. The van der Waals surface area contributed by atoms with Crippen LogP contribution >= 0.6 is 0 Å². The molecule has 1 aliphatic rings. The Labute approximate surface area is 61.6 Å². The van der Waals surface area contributed by atoms with Crippen LogP contribution < -0.4 is 5.32 Å². The highest BCUT2D eigenvalue weighted by atomic mass is 14.8. The smallest absolute Gasteiger partial charge is 0.141 e. The van der Waals surface area contributed by atoms with E-state index >= 15 is 0 Å². The first-order valence-corrected chi connectivity index (χ1v) is 3.29. The molecule has 2 nitrogen and oxygen atoms in total. The van der Waals surface area contributed by atoms with Crippen LogP contribution in [0.1, 0.15) is 6.42 Å². The van der Waals surface area contributed by atoms with Gasteiger partial charge in [0, 0.05) is 6.54 Å². The summed E-state index contributed by atoms with van der Waals surface area (Å²) in [5.74, 6) is 0. The Hall–Kier alpha value is -1.17. The van der Waals surface area contributed by atoms with Gasteiger partial charge >= 0.3 is 0 Å². The lowest BCUT2D eigenvalue weighted by Crippen LogP contribution is -2.14. The monoisotopic (exact) mass is 132 g/mol.